The van der Waals surface area contributed by atoms with E-state index < -0.39 is 0 Å². The average Bonchev–Trinajstić information content (AvgIpc) is 1.96. The summed E-state index contributed by atoms with van der Waals surface area (Å²) in [5, 5.41) is 2.97. The molecular formula is C11H22ClNO. The highest BCUT2D eigenvalue weighted by Gasteiger charge is 2.16. The first-order valence-corrected chi connectivity index (χ1v) is 5.74. The van der Waals surface area contributed by atoms with Crippen LogP contribution < -0.4 is 5.32 Å². The fourth-order valence-electron chi connectivity index (χ4n) is 1.26. The molecule has 14 heavy (non-hydrogen) atoms. The van der Waals surface area contributed by atoms with Crippen molar-refractivity contribution in [1.82, 2.24) is 5.32 Å². The monoisotopic (exact) mass is 219 g/mol. The lowest BCUT2D eigenvalue weighted by atomic mass is 9.92. The minimum Gasteiger partial charge on any atom is -0.354 e. The lowest BCUT2D eigenvalue weighted by Gasteiger charge is -2.19. The number of nitrogens with one attached hydrogen (secondary N) is 1. The Balaban J connectivity index is 3.71. The zero-order valence-corrected chi connectivity index (χ0v) is 10.4. The van der Waals surface area contributed by atoms with E-state index in [1.54, 1.807) is 0 Å². The third-order valence-electron chi connectivity index (χ3n) is 1.87. The van der Waals surface area contributed by atoms with E-state index in [1.807, 2.05) is 6.92 Å². The summed E-state index contributed by atoms with van der Waals surface area (Å²) in [6, 6.07) is 0.239. The van der Waals surface area contributed by atoms with E-state index in [2.05, 4.69) is 26.1 Å². The smallest absolute Gasteiger partial charge is 0.220 e. The molecular weight excluding hydrogens is 198 g/mol. The second-order valence-corrected chi connectivity index (χ2v) is 5.42. The third-order valence-corrected chi connectivity index (χ3v) is 2.14. The Kier molecular flexibility index (Phi) is 6.17. The molecule has 1 amide bonds. The molecule has 3 heteroatoms. The molecule has 0 heterocycles. The molecule has 2 nitrogen and oxygen atoms in total. The lowest BCUT2D eigenvalue weighted by molar-refractivity contribution is -0.123. The van der Waals surface area contributed by atoms with Crippen molar-refractivity contribution in [2.75, 3.05) is 5.88 Å². The molecule has 0 spiro atoms. The maximum atomic E-state index is 11.5. The molecule has 0 rings (SSSR count). The minimum atomic E-state index is 0.0658. The highest BCUT2D eigenvalue weighted by molar-refractivity contribution is 6.17. The molecule has 0 bridgehead atoms. The summed E-state index contributed by atoms with van der Waals surface area (Å²) in [4.78, 5) is 11.5. The Bertz CT molecular complexity index is 175. The van der Waals surface area contributed by atoms with Crippen molar-refractivity contribution in [2.24, 2.45) is 5.41 Å². The summed E-state index contributed by atoms with van der Waals surface area (Å²) in [6.07, 6.45) is 2.50. The topological polar surface area (TPSA) is 29.1 Å². The Morgan fingerprint density at radius 3 is 2.43 bits per heavy atom. The number of hydrogen-bond donors (Lipinski definition) is 1. The molecule has 1 atom stereocenters. The number of amides is 1. The van der Waals surface area contributed by atoms with Gasteiger partial charge < -0.3 is 5.32 Å². The summed E-state index contributed by atoms with van der Waals surface area (Å²) >= 11 is 5.58. The molecule has 0 aromatic carbocycles. The minimum absolute atomic E-state index is 0.0658. The zero-order chi connectivity index (χ0) is 11.2. The summed E-state index contributed by atoms with van der Waals surface area (Å²) in [7, 11) is 0. The van der Waals surface area contributed by atoms with Gasteiger partial charge in [-0.05, 0) is 25.2 Å². The van der Waals surface area contributed by atoms with Gasteiger partial charge in [0.25, 0.3) is 0 Å². The second-order valence-electron chi connectivity index (χ2n) is 5.04. The molecule has 1 unspecified atom stereocenters. The van der Waals surface area contributed by atoms with E-state index in [0.29, 0.717) is 12.3 Å². The second kappa shape index (κ2) is 6.28. The Morgan fingerprint density at radius 1 is 1.43 bits per heavy atom. The van der Waals surface area contributed by atoms with Crippen molar-refractivity contribution in [1.29, 1.82) is 0 Å². The predicted molar refractivity (Wildman–Crippen MR) is 61.6 cm³/mol. The van der Waals surface area contributed by atoms with Crippen molar-refractivity contribution >= 4 is 17.5 Å². The van der Waals surface area contributed by atoms with Gasteiger partial charge in [0.1, 0.15) is 0 Å². The van der Waals surface area contributed by atoms with Crippen LogP contribution in [0.1, 0.15) is 47.0 Å². The first kappa shape index (κ1) is 13.8. The van der Waals surface area contributed by atoms with E-state index in [0.717, 1.165) is 12.8 Å². The van der Waals surface area contributed by atoms with Gasteiger partial charge in [-0.25, -0.2) is 0 Å². The number of hydrogen-bond acceptors (Lipinski definition) is 1. The van der Waals surface area contributed by atoms with Crippen LogP contribution in [0.15, 0.2) is 0 Å². The van der Waals surface area contributed by atoms with E-state index in [9.17, 15) is 4.79 Å². The van der Waals surface area contributed by atoms with Gasteiger partial charge in [-0.2, -0.15) is 0 Å². The summed E-state index contributed by atoms with van der Waals surface area (Å²) < 4.78 is 0. The van der Waals surface area contributed by atoms with Crippen LogP contribution in [-0.4, -0.2) is 17.8 Å². The number of carbonyl (C=O) groups excluding carboxylic acids is 1. The van der Waals surface area contributed by atoms with Gasteiger partial charge in [0.2, 0.25) is 5.91 Å². The molecule has 0 radical (unpaired) electrons. The van der Waals surface area contributed by atoms with Crippen molar-refractivity contribution in [3.63, 3.8) is 0 Å². The number of carbonyl (C=O) groups is 1. The summed E-state index contributed by atoms with van der Waals surface area (Å²) in [5.74, 6) is 0.805. The van der Waals surface area contributed by atoms with Crippen molar-refractivity contribution in [2.45, 2.75) is 53.0 Å². The number of halogens is 1. The molecule has 0 aliphatic rings. The van der Waals surface area contributed by atoms with Gasteiger partial charge in [-0.15, -0.1) is 11.6 Å². The predicted octanol–water partition coefficient (Wildman–Crippen LogP) is 2.95. The molecule has 0 aliphatic carbocycles. The highest BCUT2D eigenvalue weighted by Crippen LogP contribution is 2.18. The van der Waals surface area contributed by atoms with Crippen LogP contribution in [0.25, 0.3) is 0 Å². The fraction of sp³-hybridized carbons (Fsp3) is 0.909. The maximum Gasteiger partial charge on any atom is 0.220 e. The molecule has 84 valence electrons. The van der Waals surface area contributed by atoms with Crippen LogP contribution in [0.3, 0.4) is 0 Å². The average molecular weight is 220 g/mol. The molecule has 0 aromatic rings. The first-order valence-electron chi connectivity index (χ1n) is 5.20. The maximum absolute atomic E-state index is 11.5. The quantitative estimate of drug-likeness (QED) is 0.708. The highest BCUT2D eigenvalue weighted by atomic mass is 35.5. The molecule has 0 aliphatic heterocycles. The largest absolute Gasteiger partial charge is 0.354 e. The fourth-order valence-corrected chi connectivity index (χ4v) is 1.42. The molecule has 0 saturated carbocycles. The van der Waals surface area contributed by atoms with Crippen LogP contribution in [0.4, 0.5) is 0 Å². The van der Waals surface area contributed by atoms with Gasteiger partial charge in [-0.3, -0.25) is 4.79 Å². The third kappa shape index (κ3) is 8.36. The van der Waals surface area contributed by atoms with Crippen LogP contribution in [0.5, 0.6) is 0 Å². The lowest BCUT2D eigenvalue weighted by Crippen LogP contribution is -2.34. The standard InChI is InChI=1S/C11H22ClNO/c1-9(6-5-7-12)13-10(14)8-11(2,3)4/h9H,5-8H2,1-4H3,(H,13,14). The van der Waals surface area contributed by atoms with Gasteiger partial charge in [0.15, 0.2) is 0 Å². The van der Waals surface area contributed by atoms with Crippen LogP contribution in [0.2, 0.25) is 0 Å². The van der Waals surface area contributed by atoms with Gasteiger partial charge >= 0.3 is 0 Å². The molecule has 0 fully saturated rings. The van der Waals surface area contributed by atoms with Crippen molar-refractivity contribution in [3.8, 4) is 0 Å². The van der Waals surface area contributed by atoms with Crippen molar-refractivity contribution in [3.05, 3.63) is 0 Å². The molecule has 0 aromatic heterocycles. The Hall–Kier alpha value is -0.240. The molecule has 0 saturated heterocycles. The van der Waals surface area contributed by atoms with Crippen LogP contribution >= 0.6 is 11.6 Å². The SMILES string of the molecule is CC(CCCCl)NC(=O)CC(C)(C)C. The number of alkyl halides is 1. The van der Waals surface area contributed by atoms with Crippen LogP contribution in [-0.2, 0) is 4.79 Å². The summed E-state index contributed by atoms with van der Waals surface area (Å²) in [5.41, 5.74) is 0.0658. The van der Waals surface area contributed by atoms with E-state index in [4.69, 9.17) is 11.6 Å². The van der Waals surface area contributed by atoms with E-state index in [1.165, 1.54) is 0 Å². The van der Waals surface area contributed by atoms with Gasteiger partial charge in [0.05, 0.1) is 0 Å². The van der Waals surface area contributed by atoms with Crippen LogP contribution in [0, 0.1) is 5.41 Å². The zero-order valence-electron chi connectivity index (χ0n) is 9.69. The number of rotatable bonds is 5. The molecule has 1 N–H and O–H groups in total. The van der Waals surface area contributed by atoms with Crippen molar-refractivity contribution < 1.29 is 4.79 Å². The van der Waals surface area contributed by atoms with Gasteiger partial charge in [-0.1, -0.05) is 20.8 Å². The normalized spacial score (nSPS) is 13.8. The van der Waals surface area contributed by atoms with E-state index in [-0.39, 0.29) is 17.4 Å². The summed E-state index contributed by atoms with van der Waals surface area (Å²) in [6.45, 7) is 8.22. The van der Waals surface area contributed by atoms with Gasteiger partial charge in [0, 0.05) is 18.3 Å². The Labute approximate surface area is 92.4 Å². The van der Waals surface area contributed by atoms with E-state index >= 15 is 0 Å². The first-order chi connectivity index (χ1) is 6.35. The Morgan fingerprint density at radius 2 is 2.00 bits per heavy atom.